The predicted octanol–water partition coefficient (Wildman–Crippen LogP) is 3.33. The molecule has 1 N–H and O–H groups in total. The molecule has 0 aromatic heterocycles. The minimum absolute atomic E-state index is 0.0664. The van der Waals surface area contributed by atoms with Crippen molar-refractivity contribution in [2.45, 2.75) is 31.7 Å². The van der Waals surface area contributed by atoms with Gasteiger partial charge in [0, 0.05) is 18.7 Å². The van der Waals surface area contributed by atoms with Crippen molar-refractivity contribution >= 4 is 17.7 Å². The third-order valence-corrected chi connectivity index (χ3v) is 5.42. The van der Waals surface area contributed by atoms with Crippen LogP contribution >= 0.6 is 0 Å². The molecule has 2 heterocycles. The highest BCUT2D eigenvalue weighted by molar-refractivity contribution is 6.22. The second-order valence-corrected chi connectivity index (χ2v) is 7.85. The SMILES string of the molecule is O=C(NCc1ccc(OCC(F)(F)F)cc1)c1ccc2c(c1)C(=O)N(C[C@@H]1CCCO1)C2=O. The van der Waals surface area contributed by atoms with Crippen LogP contribution in [0.15, 0.2) is 42.5 Å². The number of rotatable bonds is 7. The van der Waals surface area contributed by atoms with Crippen LogP contribution in [0, 0.1) is 0 Å². The first-order chi connectivity index (χ1) is 15.7. The summed E-state index contributed by atoms with van der Waals surface area (Å²) in [6.45, 7) is -0.459. The normalized spacial score (nSPS) is 17.9. The third kappa shape index (κ3) is 5.33. The van der Waals surface area contributed by atoms with Gasteiger partial charge in [-0.25, -0.2) is 0 Å². The summed E-state index contributed by atoms with van der Waals surface area (Å²) in [4.78, 5) is 39.0. The molecule has 0 aliphatic carbocycles. The number of imide groups is 1. The van der Waals surface area contributed by atoms with Crippen molar-refractivity contribution < 1.29 is 37.0 Å². The van der Waals surface area contributed by atoms with Gasteiger partial charge in [-0.15, -0.1) is 0 Å². The Hall–Kier alpha value is -3.40. The second kappa shape index (κ2) is 9.22. The maximum atomic E-state index is 12.7. The molecule has 1 fully saturated rings. The van der Waals surface area contributed by atoms with Gasteiger partial charge in [0.05, 0.1) is 23.8 Å². The van der Waals surface area contributed by atoms with Gasteiger partial charge in [0.2, 0.25) is 0 Å². The van der Waals surface area contributed by atoms with Gasteiger partial charge in [0.15, 0.2) is 6.61 Å². The van der Waals surface area contributed by atoms with E-state index in [0.29, 0.717) is 12.2 Å². The molecule has 2 aromatic carbocycles. The van der Waals surface area contributed by atoms with Crippen LogP contribution in [0.1, 0.15) is 49.5 Å². The van der Waals surface area contributed by atoms with Gasteiger partial charge in [0.1, 0.15) is 5.75 Å². The molecular formula is C23H21F3N2O5. The lowest BCUT2D eigenvalue weighted by molar-refractivity contribution is -0.153. The van der Waals surface area contributed by atoms with E-state index in [9.17, 15) is 27.6 Å². The molecule has 4 rings (SSSR count). The second-order valence-electron chi connectivity index (χ2n) is 7.85. The number of nitrogens with one attached hydrogen (secondary N) is 1. The topological polar surface area (TPSA) is 84.9 Å². The van der Waals surface area contributed by atoms with Gasteiger partial charge < -0.3 is 14.8 Å². The molecule has 7 nitrogen and oxygen atoms in total. The van der Waals surface area contributed by atoms with Gasteiger partial charge in [-0.1, -0.05) is 12.1 Å². The number of alkyl halides is 3. The lowest BCUT2D eigenvalue weighted by Crippen LogP contribution is -2.36. The van der Waals surface area contributed by atoms with Crippen LogP contribution in [0.2, 0.25) is 0 Å². The van der Waals surface area contributed by atoms with Crippen LogP contribution in [0.3, 0.4) is 0 Å². The molecule has 2 aliphatic rings. The molecule has 0 radical (unpaired) electrons. The maximum absolute atomic E-state index is 12.7. The molecule has 0 unspecified atom stereocenters. The summed E-state index contributed by atoms with van der Waals surface area (Å²) >= 11 is 0. The molecule has 1 saturated heterocycles. The summed E-state index contributed by atoms with van der Waals surface area (Å²) in [6.07, 6.45) is -2.91. The highest BCUT2D eigenvalue weighted by atomic mass is 19.4. The Kier molecular flexibility index (Phi) is 6.37. The van der Waals surface area contributed by atoms with Gasteiger partial charge >= 0.3 is 6.18 Å². The van der Waals surface area contributed by atoms with Crippen molar-refractivity contribution in [1.82, 2.24) is 10.2 Å². The van der Waals surface area contributed by atoms with Crippen LogP contribution in [0.5, 0.6) is 5.75 Å². The van der Waals surface area contributed by atoms with Crippen molar-refractivity contribution in [3.05, 3.63) is 64.7 Å². The summed E-state index contributed by atoms with van der Waals surface area (Å²) < 4.78 is 46.8. The largest absolute Gasteiger partial charge is 0.484 e. The number of nitrogens with zero attached hydrogens (tertiary/aromatic N) is 1. The Balaban J connectivity index is 1.36. The van der Waals surface area contributed by atoms with E-state index in [-0.39, 0.29) is 41.6 Å². The lowest BCUT2D eigenvalue weighted by atomic mass is 10.1. The molecule has 1 atom stereocenters. The maximum Gasteiger partial charge on any atom is 0.422 e. The molecule has 2 aromatic rings. The summed E-state index contributed by atoms with van der Waals surface area (Å²) in [5, 5.41) is 2.69. The first-order valence-corrected chi connectivity index (χ1v) is 10.4. The zero-order chi connectivity index (χ0) is 23.6. The minimum atomic E-state index is -4.42. The van der Waals surface area contributed by atoms with Gasteiger partial charge in [0.25, 0.3) is 17.7 Å². The zero-order valence-electron chi connectivity index (χ0n) is 17.5. The van der Waals surface area contributed by atoms with E-state index in [1.807, 2.05) is 0 Å². The molecule has 33 heavy (non-hydrogen) atoms. The average Bonchev–Trinajstić information content (AvgIpc) is 3.39. The van der Waals surface area contributed by atoms with Crippen LogP contribution < -0.4 is 10.1 Å². The molecule has 0 bridgehead atoms. The monoisotopic (exact) mass is 462 g/mol. The highest BCUT2D eigenvalue weighted by Crippen LogP contribution is 2.26. The minimum Gasteiger partial charge on any atom is -0.484 e. The summed E-state index contributed by atoms with van der Waals surface area (Å²) in [6, 6.07) is 10.2. The van der Waals surface area contributed by atoms with Crippen LogP contribution in [-0.4, -0.2) is 54.7 Å². The van der Waals surface area contributed by atoms with E-state index >= 15 is 0 Å². The number of benzene rings is 2. The molecule has 0 spiro atoms. The quantitative estimate of drug-likeness (QED) is 0.638. The van der Waals surface area contributed by atoms with Crippen molar-refractivity contribution in [3.63, 3.8) is 0 Å². The molecule has 0 saturated carbocycles. The first kappa shape index (κ1) is 22.8. The number of hydrogen-bond acceptors (Lipinski definition) is 5. The Bertz CT molecular complexity index is 1060. The highest BCUT2D eigenvalue weighted by Gasteiger charge is 2.38. The Morgan fingerprint density at radius 1 is 1.09 bits per heavy atom. The van der Waals surface area contributed by atoms with E-state index in [0.717, 1.165) is 17.7 Å². The molecular weight excluding hydrogens is 441 g/mol. The van der Waals surface area contributed by atoms with E-state index in [4.69, 9.17) is 4.74 Å². The van der Waals surface area contributed by atoms with Gasteiger partial charge in [-0.3, -0.25) is 19.3 Å². The summed E-state index contributed by atoms with van der Waals surface area (Å²) in [5.74, 6) is -1.23. The van der Waals surface area contributed by atoms with Crippen molar-refractivity contribution in [1.29, 1.82) is 0 Å². The lowest BCUT2D eigenvalue weighted by Gasteiger charge is -2.17. The van der Waals surface area contributed by atoms with Crippen LogP contribution in [0.25, 0.3) is 0 Å². The Morgan fingerprint density at radius 3 is 2.48 bits per heavy atom. The molecule has 174 valence electrons. The number of carbonyl (C=O) groups excluding carboxylic acids is 3. The first-order valence-electron chi connectivity index (χ1n) is 10.4. The number of amides is 3. The summed E-state index contributed by atoms with van der Waals surface area (Å²) in [7, 11) is 0. The number of hydrogen-bond donors (Lipinski definition) is 1. The smallest absolute Gasteiger partial charge is 0.422 e. The van der Waals surface area contributed by atoms with Crippen LogP contribution in [0.4, 0.5) is 13.2 Å². The Labute approximate surface area is 187 Å². The molecule has 3 amide bonds. The van der Waals surface area contributed by atoms with E-state index in [1.54, 1.807) is 12.1 Å². The van der Waals surface area contributed by atoms with Crippen molar-refractivity contribution in [2.24, 2.45) is 0 Å². The van der Waals surface area contributed by atoms with E-state index < -0.39 is 30.5 Å². The van der Waals surface area contributed by atoms with Crippen molar-refractivity contribution in [3.8, 4) is 5.75 Å². The average molecular weight is 462 g/mol. The fraction of sp³-hybridized carbons (Fsp3) is 0.348. The number of halogens is 3. The number of ether oxygens (including phenoxy) is 2. The standard InChI is InChI=1S/C23H21F3N2O5/c24-23(25,26)13-33-16-6-3-14(4-7-16)11-27-20(29)15-5-8-18-19(10-15)22(31)28(21(18)30)12-17-2-1-9-32-17/h3-8,10,17H,1-2,9,11-13H2,(H,27,29)/t17-/m0/s1. The van der Waals surface area contributed by atoms with Gasteiger partial charge in [-0.2, -0.15) is 13.2 Å². The number of carbonyl (C=O) groups is 3. The van der Waals surface area contributed by atoms with Crippen molar-refractivity contribution in [2.75, 3.05) is 19.8 Å². The fourth-order valence-corrected chi connectivity index (χ4v) is 3.74. The number of fused-ring (bicyclic) bond motifs is 1. The predicted molar refractivity (Wildman–Crippen MR) is 110 cm³/mol. The van der Waals surface area contributed by atoms with E-state index in [1.165, 1.54) is 30.3 Å². The fourth-order valence-electron chi connectivity index (χ4n) is 3.74. The van der Waals surface area contributed by atoms with Crippen LogP contribution in [-0.2, 0) is 11.3 Å². The molecule has 2 aliphatic heterocycles. The Morgan fingerprint density at radius 2 is 1.82 bits per heavy atom. The summed E-state index contributed by atoms with van der Waals surface area (Å²) in [5.41, 5.74) is 1.30. The van der Waals surface area contributed by atoms with E-state index in [2.05, 4.69) is 10.1 Å². The van der Waals surface area contributed by atoms with Gasteiger partial charge in [-0.05, 0) is 48.7 Å². The zero-order valence-corrected chi connectivity index (χ0v) is 17.5. The third-order valence-electron chi connectivity index (χ3n) is 5.42. The molecule has 10 heteroatoms.